The largest absolute Gasteiger partial charge is 0.494 e. The van der Waals surface area contributed by atoms with Gasteiger partial charge < -0.3 is 14.4 Å². The number of aliphatic hydroxyl groups excluding tert-OH is 1. The molecule has 1 aliphatic rings. The van der Waals surface area contributed by atoms with Crippen LogP contribution >= 0.6 is 0 Å². The van der Waals surface area contributed by atoms with Gasteiger partial charge in [-0.1, -0.05) is 11.6 Å². The van der Waals surface area contributed by atoms with Gasteiger partial charge in [-0.05, 0) is 51.0 Å². The van der Waals surface area contributed by atoms with Crippen molar-refractivity contribution in [2.24, 2.45) is 0 Å². The van der Waals surface area contributed by atoms with E-state index in [0.717, 1.165) is 30.6 Å². The van der Waals surface area contributed by atoms with Gasteiger partial charge in [0.15, 0.2) is 0 Å². The molecular formula is C18H25N3O3. The number of rotatable bonds is 6. The molecule has 1 aromatic heterocycles. The molecule has 1 fully saturated rings. The van der Waals surface area contributed by atoms with Gasteiger partial charge in [0.05, 0.1) is 19.8 Å². The van der Waals surface area contributed by atoms with Gasteiger partial charge in [0.1, 0.15) is 5.75 Å². The summed E-state index contributed by atoms with van der Waals surface area (Å²) >= 11 is 0. The highest BCUT2D eigenvalue weighted by Gasteiger charge is 2.28. The van der Waals surface area contributed by atoms with E-state index in [2.05, 4.69) is 22.0 Å². The SMILES string of the molecule is CCOc1ccc(-c2noc(CN3C(C)CCCC3CO)n2)cc1. The van der Waals surface area contributed by atoms with E-state index in [-0.39, 0.29) is 12.6 Å². The molecule has 2 heterocycles. The minimum Gasteiger partial charge on any atom is -0.494 e. The van der Waals surface area contributed by atoms with Crippen molar-refractivity contribution in [3.8, 4) is 17.1 Å². The Morgan fingerprint density at radius 2 is 2.08 bits per heavy atom. The molecular weight excluding hydrogens is 306 g/mol. The summed E-state index contributed by atoms with van der Waals surface area (Å²) in [6.07, 6.45) is 3.31. The summed E-state index contributed by atoms with van der Waals surface area (Å²) in [7, 11) is 0. The number of likely N-dealkylation sites (tertiary alicyclic amines) is 1. The van der Waals surface area contributed by atoms with E-state index < -0.39 is 0 Å². The molecule has 0 radical (unpaired) electrons. The van der Waals surface area contributed by atoms with Crippen molar-refractivity contribution in [1.82, 2.24) is 15.0 Å². The molecule has 0 spiro atoms. The fourth-order valence-corrected chi connectivity index (χ4v) is 3.28. The number of ether oxygens (including phenoxy) is 1. The van der Waals surface area contributed by atoms with Crippen LogP contribution in [0.5, 0.6) is 5.75 Å². The molecule has 24 heavy (non-hydrogen) atoms. The molecule has 2 unspecified atom stereocenters. The summed E-state index contributed by atoms with van der Waals surface area (Å²) in [6.45, 7) is 5.54. The van der Waals surface area contributed by atoms with Crippen LogP contribution in [0.3, 0.4) is 0 Å². The van der Waals surface area contributed by atoms with E-state index in [1.165, 1.54) is 0 Å². The van der Waals surface area contributed by atoms with Gasteiger partial charge in [0.25, 0.3) is 0 Å². The van der Waals surface area contributed by atoms with Gasteiger partial charge in [-0.3, -0.25) is 4.90 Å². The lowest BCUT2D eigenvalue weighted by molar-refractivity contribution is 0.0370. The van der Waals surface area contributed by atoms with Gasteiger partial charge >= 0.3 is 0 Å². The maximum absolute atomic E-state index is 9.59. The molecule has 1 N–H and O–H groups in total. The zero-order chi connectivity index (χ0) is 16.9. The fraction of sp³-hybridized carbons (Fsp3) is 0.556. The molecule has 1 aliphatic heterocycles. The number of aliphatic hydroxyl groups is 1. The molecule has 0 saturated carbocycles. The Kier molecular flexibility index (Phi) is 5.48. The predicted octanol–water partition coefficient (Wildman–Crippen LogP) is 2.87. The second-order valence-electron chi connectivity index (χ2n) is 6.26. The lowest BCUT2D eigenvalue weighted by Crippen LogP contribution is -2.46. The number of hydrogen-bond acceptors (Lipinski definition) is 6. The molecule has 6 heteroatoms. The Bertz CT molecular complexity index is 641. The van der Waals surface area contributed by atoms with Crippen molar-refractivity contribution in [2.45, 2.75) is 51.7 Å². The van der Waals surface area contributed by atoms with Crippen LogP contribution in [0.1, 0.15) is 39.0 Å². The zero-order valence-corrected chi connectivity index (χ0v) is 14.3. The summed E-state index contributed by atoms with van der Waals surface area (Å²) in [6, 6.07) is 8.26. The Labute approximate surface area is 142 Å². The molecule has 1 saturated heterocycles. The molecule has 1 aromatic carbocycles. The van der Waals surface area contributed by atoms with Gasteiger partial charge in [-0.2, -0.15) is 4.98 Å². The molecule has 6 nitrogen and oxygen atoms in total. The van der Waals surface area contributed by atoms with Crippen molar-refractivity contribution in [1.29, 1.82) is 0 Å². The third-order valence-corrected chi connectivity index (χ3v) is 4.61. The molecule has 2 aromatic rings. The Morgan fingerprint density at radius 1 is 1.29 bits per heavy atom. The summed E-state index contributed by atoms with van der Waals surface area (Å²) in [4.78, 5) is 6.77. The average Bonchev–Trinajstić information content (AvgIpc) is 3.06. The first kappa shape index (κ1) is 16.9. The quantitative estimate of drug-likeness (QED) is 0.877. The van der Waals surface area contributed by atoms with Gasteiger partial charge in [-0.25, -0.2) is 0 Å². The summed E-state index contributed by atoms with van der Waals surface area (Å²) in [5.41, 5.74) is 0.902. The Morgan fingerprint density at radius 3 is 2.79 bits per heavy atom. The first-order chi connectivity index (χ1) is 11.7. The summed E-state index contributed by atoms with van der Waals surface area (Å²) in [5.74, 6) is 2.00. The predicted molar refractivity (Wildman–Crippen MR) is 90.6 cm³/mol. The van der Waals surface area contributed by atoms with Crippen molar-refractivity contribution in [3.63, 3.8) is 0 Å². The number of piperidine rings is 1. The van der Waals surface area contributed by atoms with Crippen LogP contribution in [0.15, 0.2) is 28.8 Å². The topological polar surface area (TPSA) is 71.6 Å². The Hall–Kier alpha value is -1.92. The zero-order valence-electron chi connectivity index (χ0n) is 14.3. The second kappa shape index (κ2) is 7.77. The summed E-state index contributed by atoms with van der Waals surface area (Å²) in [5, 5.41) is 13.7. The van der Waals surface area contributed by atoms with E-state index in [0.29, 0.717) is 30.9 Å². The molecule has 3 rings (SSSR count). The molecule has 0 amide bonds. The van der Waals surface area contributed by atoms with E-state index in [1.54, 1.807) is 0 Å². The van der Waals surface area contributed by atoms with Crippen LogP contribution in [0.4, 0.5) is 0 Å². The molecule has 2 atom stereocenters. The third kappa shape index (κ3) is 3.76. The van der Waals surface area contributed by atoms with E-state index in [9.17, 15) is 5.11 Å². The Balaban J connectivity index is 1.70. The maximum atomic E-state index is 9.59. The van der Waals surface area contributed by atoms with Crippen molar-refractivity contribution >= 4 is 0 Å². The minimum atomic E-state index is 0.171. The normalized spacial score (nSPS) is 21.8. The number of benzene rings is 1. The van der Waals surface area contributed by atoms with E-state index in [4.69, 9.17) is 9.26 Å². The molecule has 0 bridgehead atoms. The smallest absolute Gasteiger partial charge is 0.241 e. The second-order valence-corrected chi connectivity index (χ2v) is 6.26. The first-order valence-corrected chi connectivity index (χ1v) is 8.63. The average molecular weight is 331 g/mol. The van der Waals surface area contributed by atoms with Crippen LogP contribution in [-0.4, -0.2) is 45.4 Å². The first-order valence-electron chi connectivity index (χ1n) is 8.63. The lowest BCUT2D eigenvalue weighted by Gasteiger charge is -2.38. The maximum Gasteiger partial charge on any atom is 0.241 e. The highest BCUT2D eigenvalue weighted by atomic mass is 16.5. The fourth-order valence-electron chi connectivity index (χ4n) is 3.28. The standard InChI is InChI=1S/C18H25N3O3/c1-3-23-16-9-7-14(8-10-16)18-19-17(24-20-18)11-21-13(2)5-4-6-15(21)12-22/h7-10,13,15,22H,3-6,11-12H2,1-2H3. The van der Waals surface area contributed by atoms with Crippen LogP contribution < -0.4 is 4.74 Å². The number of hydrogen-bond donors (Lipinski definition) is 1. The van der Waals surface area contributed by atoms with Crippen LogP contribution in [0.2, 0.25) is 0 Å². The number of nitrogens with zero attached hydrogens (tertiary/aromatic N) is 3. The van der Waals surface area contributed by atoms with Crippen LogP contribution in [-0.2, 0) is 6.54 Å². The molecule has 130 valence electrons. The monoisotopic (exact) mass is 331 g/mol. The van der Waals surface area contributed by atoms with Crippen molar-refractivity contribution in [2.75, 3.05) is 13.2 Å². The van der Waals surface area contributed by atoms with Crippen molar-refractivity contribution in [3.05, 3.63) is 30.2 Å². The highest BCUT2D eigenvalue weighted by molar-refractivity contribution is 5.55. The van der Waals surface area contributed by atoms with Gasteiger partial charge in [0, 0.05) is 17.6 Å². The summed E-state index contributed by atoms with van der Waals surface area (Å²) < 4.78 is 10.9. The van der Waals surface area contributed by atoms with E-state index in [1.807, 2.05) is 31.2 Å². The minimum absolute atomic E-state index is 0.171. The highest BCUT2D eigenvalue weighted by Crippen LogP contribution is 2.25. The lowest BCUT2D eigenvalue weighted by atomic mass is 9.97. The van der Waals surface area contributed by atoms with Gasteiger partial charge in [-0.15, -0.1) is 0 Å². The van der Waals surface area contributed by atoms with Gasteiger partial charge in [0.2, 0.25) is 11.7 Å². The van der Waals surface area contributed by atoms with Crippen LogP contribution in [0, 0.1) is 0 Å². The number of aromatic nitrogens is 2. The van der Waals surface area contributed by atoms with Crippen LogP contribution in [0.25, 0.3) is 11.4 Å². The van der Waals surface area contributed by atoms with E-state index >= 15 is 0 Å². The third-order valence-electron chi connectivity index (χ3n) is 4.61. The molecule has 0 aliphatic carbocycles. The van der Waals surface area contributed by atoms with Crippen molar-refractivity contribution < 1.29 is 14.4 Å².